The Labute approximate surface area is 166 Å². The zero-order valence-corrected chi connectivity index (χ0v) is 17.9. The number of carbonyl (C=O) groups is 1. The van der Waals surface area contributed by atoms with Gasteiger partial charge in [0.15, 0.2) is 5.78 Å². The van der Waals surface area contributed by atoms with Crippen LogP contribution in [0.25, 0.3) is 21.2 Å². The fourth-order valence-electron chi connectivity index (χ4n) is 3.41. The van der Waals surface area contributed by atoms with Crippen LogP contribution in [-0.2, 0) is 0 Å². The van der Waals surface area contributed by atoms with E-state index in [1.807, 2.05) is 13.0 Å². The summed E-state index contributed by atoms with van der Waals surface area (Å²) in [6, 6.07) is 12.9. The Morgan fingerprint density at radius 3 is 2.37 bits per heavy atom. The molecule has 0 aliphatic heterocycles. The van der Waals surface area contributed by atoms with E-state index in [-0.39, 0.29) is 5.78 Å². The first-order valence-corrected chi connectivity index (χ1v) is 10.5. The summed E-state index contributed by atoms with van der Waals surface area (Å²) in [5.41, 5.74) is 4.84. The van der Waals surface area contributed by atoms with Crippen LogP contribution in [0.1, 0.15) is 74.2 Å². The average Bonchev–Trinajstić information content (AvgIpc) is 3.06. The van der Waals surface area contributed by atoms with Gasteiger partial charge in [0.05, 0.1) is 11.5 Å². The van der Waals surface area contributed by atoms with Crippen molar-refractivity contribution >= 4 is 27.2 Å². The summed E-state index contributed by atoms with van der Waals surface area (Å²) in [4.78, 5) is 12.7. The summed E-state index contributed by atoms with van der Waals surface area (Å²) >= 11 is 1.56. The van der Waals surface area contributed by atoms with E-state index in [0.717, 1.165) is 31.8 Å². The maximum Gasteiger partial charge on any atom is 0.169 e. The number of rotatable bonds is 6. The predicted molar refractivity (Wildman–Crippen MR) is 117 cm³/mol. The smallest absolute Gasteiger partial charge is 0.169 e. The van der Waals surface area contributed by atoms with Crippen LogP contribution in [0.15, 0.2) is 36.4 Å². The highest BCUT2D eigenvalue weighted by molar-refractivity contribution is 7.20. The molecule has 0 N–H and O–H groups in total. The number of thiophene rings is 1. The molecule has 0 radical (unpaired) electrons. The molecule has 1 heterocycles. The minimum absolute atomic E-state index is 0.117. The van der Waals surface area contributed by atoms with Gasteiger partial charge in [0, 0.05) is 15.6 Å². The molecule has 0 amide bonds. The highest BCUT2D eigenvalue weighted by Gasteiger charge is 2.20. The second-order valence-electron chi connectivity index (χ2n) is 7.61. The lowest BCUT2D eigenvalue weighted by Crippen LogP contribution is -2.03. The number of ether oxygens (including phenoxy) is 1. The monoisotopic (exact) mass is 380 g/mol. The van der Waals surface area contributed by atoms with Crippen LogP contribution >= 0.6 is 11.3 Å². The molecule has 27 heavy (non-hydrogen) atoms. The van der Waals surface area contributed by atoms with Crippen LogP contribution in [0.3, 0.4) is 0 Å². The Bertz CT molecular complexity index is 979. The minimum atomic E-state index is 0.117. The van der Waals surface area contributed by atoms with Gasteiger partial charge in [0.2, 0.25) is 0 Å². The van der Waals surface area contributed by atoms with Gasteiger partial charge in [-0.2, -0.15) is 0 Å². The first kappa shape index (κ1) is 19.6. The molecular formula is C24H28O2S. The van der Waals surface area contributed by atoms with Crippen molar-refractivity contribution in [1.82, 2.24) is 0 Å². The van der Waals surface area contributed by atoms with Crippen LogP contribution in [0.4, 0.5) is 0 Å². The molecule has 0 aliphatic carbocycles. The third-order valence-corrected chi connectivity index (χ3v) is 6.12. The highest BCUT2D eigenvalue weighted by Crippen LogP contribution is 2.43. The van der Waals surface area contributed by atoms with Crippen molar-refractivity contribution in [2.75, 3.05) is 6.61 Å². The quantitative estimate of drug-likeness (QED) is 0.416. The number of benzene rings is 2. The number of carbonyl (C=O) groups excluding carboxylic acids is 1. The van der Waals surface area contributed by atoms with E-state index >= 15 is 0 Å². The summed E-state index contributed by atoms with van der Waals surface area (Å²) in [5, 5.41) is 1.13. The standard InChI is InChI=1S/C24H28O2S/c1-7-26-24-19(15(4)5)11-17(14(2)3)12-21(24)18-9-8-10-22-20(18)13-23(27-22)16(6)25/h8-15H,7H2,1-6H3. The SMILES string of the molecule is CCOc1c(-c2cccc3sc(C(C)=O)cc23)cc(C(C)C)cc1C(C)C. The van der Waals surface area contributed by atoms with Gasteiger partial charge in [-0.1, -0.05) is 45.9 Å². The van der Waals surface area contributed by atoms with Crippen molar-refractivity contribution in [3.63, 3.8) is 0 Å². The third kappa shape index (κ3) is 3.79. The van der Waals surface area contributed by atoms with E-state index in [0.29, 0.717) is 18.4 Å². The summed E-state index contributed by atoms with van der Waals surface area (Å²) in [7, 11) is 0. The predicted octanol–water partition coefficient (Wildman–Crippen LogP) is 7.42. The van der Waals surface area contributed by atoms with Crippen molar-refractivity contribution in [1.29, 1.82) is 0 Å². The van der Waals surface area contributed by atoms with E-state index in [4.69, 9.17) is 4.74 Å². The van der Waals surface area contributed by atoms with Crippen LogP contribution in [0.5, 0.6) is 5.75 Å². The van der Waals surface area contributed by atoms with Crippen LogP contribution < -0.4 is 4.74 Å². The van der Waals surface area contributed by atoms with Gasteiger partial charge >= 0.3 is 0 Å². The van der Waals surface area contributed by atoms with Crippen molar-refractivity contribution in [3.05, 3.63) is 52.4 Å². The van der Waals surface area contributed by atoms with Crippen molar-refractivity contribution < 1.29 is 9.53 Å². The van der Waals surface area contributed by atoms with E-state index in [1.165, 1.54) is 11.1 Å². The van der Waals surface area contributed by atoms with E-state index in [1.54, 1.807) is 18.3 Å². The molecule has 0 unspecified atom stereocenters. The number of ketones is 1. The molecule has 142 valence electrons. The molecule has 0 spiro atoms. The fraction of sp³-hybridized carbons (Fsp3) is 0.375. The van der Waals surface area contributed by atoms with E-state index < -0.39 is 0 Å². The summed E-state index contributed by atoms with van der Waals surface area (Å²) in [6.07, 6.45) is 0. The van der Waals surface area contributed by atoms with Gasteiger partial charge in [0.1, 0.15) is 5.75 Å². The van der Waals surface area contributed by atoms with Crippen molar-refractivity contribution in [3.8, 4) is 16.9 Å². The molecule has 2 aromatic carbocycles. The molecule has 0 saturated heterocycles. The highest BCUT2D eigenvalue weighted by atomic mass is 32.1. The van der Waals surface area contributed by atoms with Gasteiger partial charge in [0.25, 0.3) is 0 Å². The molecule has 0 saturated carbocycles. The number of Topliss-reactive ketones (excluding diaryl/α,β-unsaturated/α-hetero) is 1. The molecule has 3 heteroatoms. The maximum atomic E-state index is 11.9. The number of hydrogen-bond donors (Lipinski definition) is 0. The second kappa shape index (κ2) is 7.85. The first-order valence-electron chi connectivity index (χ1n) is 9.68. The molecule has 3 rings (SSSR count). The molecule has 0 fully saturated rings. The molecular weight excluding hydrogens is 352 g/mol. The second-order valence-corrected chi connectivity index (χ2v) is 8.70. The number of fused-ring (bicyclic) bond motifs is 1. The molecule has 0 bridgehead atoms. The molecule has 2 nitrogen and oxygen atoms in total. The Morgan fingerprint density at radius 1 is 1.04 bits per heavy atom. The van der Waals surface area contributed by atoms with Gasteiger partial charge in [-0.05, 0) is 60.6 Å². The van der Waals surface area contributed by atoms with Crippen LogP contribution in [-0.4, -0.2) is 12.4 Å². The fourth-order valence-corrected chi connectivity index (χ4v) is 4.39. The van der Waals surface area contributed by atoms with Gasteiger partial charge in [-0.15, -0.1) is 11.3 Å². The lowest BCUT2D eigenvalue weighted by molar-refractivity contribution is 0.102. The third-order valence-electron chi connectivity index (χ3n) is 4.92. The first-order chi connectivity index (χ1) is 12.8. The van der Waals surface area contributed by atoms with Crippen LogP contribution in [0.2, 0.25) is 0 Å². The normalized spacial score (nSPS) is 11.6. The van der Waals surface area contributed by atoms with Gasteiger partial charge < -0.3 is 4.74 Å². The Kier molecular flexibility index (Phi) is 5.71. The summed E-state index contributed by atoms with van der Waals surface area (Å²) in [6.45, 7) is 13.2. The molecule has 1 aromatic heterocycles. The van der Waals surface area contributed by atoms with Crippen LogP contribution in [0, 0.1) is 0 Å². The molecule has 3 aromatic rings. The van der Waals surface area contributed by atoms with Crippen molar-refractivity contribution in [2.24, 2.45) is 0 Å². The van der Waals surface area contributed by atoms with Gasteiger partial charge in [-0.25, -0.2) is 0 Å². The topological polar surface area (TPSA) is 26.3 Å². The molecule has 0 aliphatic rings. The minimum Gasteiger partial charge on any atom is -0.493 e. The number of hydrogen-bond acceptors (Lipinski definition) is 3. The lowest BCUT2D eigenvalue weighted by atomic mass is 9.88. The zero-order valence-electron chi connectivity index (χ0n) is 17.1. The lowest BCUT2D eigenvalue weighted by Gasteiger charge is -2.21. The van der Waals surface area contributed by atoms with Gasteiger partial charge in [-0.3, -0.25) is 4.79 Å². The van der Waals surface area contributed by atoms with E-state index in [2.05, 4.69) is 58.0 Å². The maximum absolute atomic E-state index is 11.9. The Morgan fingerprint density at radius 2 is 1.78 bits per heavy atom. The zero-order chi connectivity index (χ0) is 19.7. The Hall–Kier alpha value is -2.13. The summed E-state index contributed by atoms with van der Waals surface area (Å²) in [5.74, 6) is 1.90. The summed E-state index contributed by atoms with van der Waals surface area (Å²) < 4.78 is 7.30. The molecule has 0 atom stereocenters. The largest absolute Gasteiger partial charge is 0.493 e. The Balaban J connectivity index is 2.35. The van der Waals surface area contributed by atoms with E-state index in [9.17, 15) is 4.79 Å². The average molecular weight is 381 g/mol. The van der Waals surface area contributed by atoms with Crippen molar-refractivity contribution in [2.45, 2.75) is 53.4 Å².